The Morgan fingerprint density at radius 1 is 1.30 bits per heavy atom. The van der Waals surface area contributed by atoms with E-state index in [1.807, 2.05) is 37.3 Å². The van der Waals surface area contributed by atoms with E-state index < -0.39 is 0 Å². The molecule has 5 nitrogen and oxygen atoms in total. The highest BCUT2D eigenvalue weighted by Gasteiger charge is 2.10. The molecular weight excluding hydrogens is 332 g/mol. The van der Waals surface area contributed by atoms with Crippen molar-refractivity contribution in [2.45, 2.75) is 20.0 Å². The summed E-state index contributed by atoms with van der Waals surface area (Å²) in [6.07, 6.45) is 1.59. The molecule has 2 aromatic heterocycles. The zero-order valence-electron chi connectivity index (χ0n) is 12.5. The molecular formula is C16H15ClN4OS. The van der Waals surface area contributed by atoms with Gasteiger partial charge >= 0.3 is 0 Å². The van der Waals surface area contributed by atoms with Crippen molar-refractivity contribution in [1.82, 2.24) is 14.8 Å². The largest absolute Gasteiger partial charge is 0.377 e. The molecule has 0 aliphatic heterocycles. The van der Waals surface area contributed by atoms with Crippen molar-refractivity contribution in [3.05, 3.63) is 73.6 Å². The van der Waals surface area contributed by atoms with Crippen LogP contribution in [0, 0.1) is 6.92 Å². The molecule has 118 valence electrons. The molecule has 3 aromatic rings. The molecule has 0 saturated heterocycles. The number of aryl methyl sites for hydroxylation is 1. The van der Waals surface area contributed by atoms with Crippen LogP contribution in [0.15, 0.2) is 46.8 Å². The monoisotopic (exact) mass is 346 g/mol. The summed E-state index contributed by atoms with van der Waals surface area (Å²) in [5.74, 6) is 0. The average molecular weight is 347 g/mol. The van der Waals surface area contributed by atoms with Crippen LogP contribution in [0.1, 0.15) is 16.1 Å². The molecule has 0 spiro atoms. The second-order valence-electron chi connectivity index (χ2n) is 5.04. The van der Waals surface area contributed by atoms with E-state index >= 15 is 0 Å². The van der Waals surface area contributed by atoms with Gasteiger partial charge in [-0.2, -0.15) is 5.10 Å². The lowest BCUT2D eigenvalue weighted by molar-refractivity contribution is 0.640. The van der Waals surface area contributed by atoms with E-state index in [0.717, 1.165) is 16.1 Å². The summed E-state index contributed by atoms with van der Waals surface area (Å²) in [6.45, 7) is 2.92. The summed E-state index contributed by atoms with van der Waals surface area (Å²) in [4.78, 5) is 17.6. The molecule has 0 atom stereocenters. The number of nitrogens with zero attached hydrogens (tertiary/aromatic N) is 3. The van der Waals surface area contributed by atoms with Gasteiger partial charge in [0, 0.05) is 4.88 Å². The molecule has 0 amide bonds. The Morgan fingerprint density at radius 2 is 2.09 bits per heavy atom. The van der Waals surface area contributed by atoms with Gasteiger partial charge in [0.1, 0.15) is 5.02 Å². The van der Waals surface area contributed by atoms with Gasteiger partial charge in [0.05, 0.1) is 36.2 Å². The van der Waals surface area contributed by atoms with Gasteiger partial charge in [0.2, 0.25) is 0 Å². The second-order valence-corrected chi connectivity index (χ2v) is 6.35. The van der Waals surface area contributed by atoms with Crippen LogP contribution in [0.2, 0.25) is 5.02 Å². The summed E-state index contributed by atoms with van der Waals surface area (Å²) in [7, 11) is 0. The highest BCUT2D eigenvalue weighted by molar-refractivity contribution is 7.09. The third kappa shape index (κ3) is 3.60. The molecule has 0 unspecified atom stereocenters. The minimum absolute atomic E-state index is 0.151. The molecule has 7 heteroatoms. The fourth-order valence-electron chi connectivity index (χ4n) is 2.13. The zero-order chi connectivity index (χ0) is 16.2. The van der Waals surface area contributed by atoms with E-state index in [1.54, 1.807) is 23.0 Å². The first-order chi connectivity index (χ1) is 11.1. The molecule has 0 saturated carbocycles. The van der Waals surface area contributed by atoms with E-state index in [2.05, 4.69) is 15.4 Å². The van der Waals surface area contributed by atoms with Gasteiger partial charge in [0.25, 0.3) is 5.56 Å². The molecule has 1 aromatic carbocycles. The number of anilines is 1. The van der Waals surface area contributed by atoms with Crippen molar-refractivity contribution in [1.29, 1.82) is 0 Å². The molecule has 0 aliphatic carbocycles. The molecule has 0 fully saturated rings. The number of rotatable bonds is 5. The van der Waals surface area contributed by atoms with Gasteiger partial charge in [-0.05, 0) is 12.5 Å². The fourth-order valence-corrected chi connectivity index (χ4v) is 3.06. The Balaban J connectivity index is 1.78. The maximum atomic E-state index is 12.3. The SMILES string of the molecule is Cc1ncsc1CNc1cnn(Cc2ccccc2)c(=O)c1Cl. The van der Waals surface area contributed by atoms with Crippen molar-refractivity contribution in [3.8, 4) is 0 Å². The summed E-state index contributed by atoms with van der Waals surface area (Å²) in [6, 6.07) is 9.67. The van der Waals surface area contributed by atoms with Crippen molar-refractivity contribution in [2.75, 3.05) is 5.32 Å². The number of halogens is 1. The van der Waals surface area contributed by atoms with Gasteiger partial charge in [-0.25, -0.2) is 9.67 Å². The molecule has 0 bridgehead atoms. The Morgan fingerprint density at radius 3 is 2.78 bits per heavy atom. The zero-order valence-corrected chi connectivity index (χ0v) is 14.1. The topological polar surface area (TPSA) is 59.8 Å². The first-order valence-electron chi connectivity index (χ1n) is 7.07. The van der Waals surface area contributed by atoms with Crippen LogP contribution in [-0.4, -0.2) is 14.8 Å². The van der Waals surface area contributed by atoms with E-state index in [1.165, 1.54) is 4.68 Å². The molecule has 23 heavy (non-hydrogen) atoms. The number of hydrogen-bond donors (Lipinski definition) is 1. The van der Waals surface area contributed by atoms with Crippen molar-refractivity contribution >= 4 is 28.6 Å². The molecule has 1 N–H and O–H groups in total. The van der Waals surface area contributed by atoms with E-state index in [9.17, 15) is 4.79 Å². The molecule has 2 heterocycles. The smallest absolute Gasteiger partial charge is 0.287 e. The van der Waals surface area contributed by atoms with Crippen LogP contribution in [-0.2, 0) is 13.1 Å². The van der Waals surface area contributed by atoms with Crippen LogP contribution in [0.25, 0.3) is 0 Å². The number of thiazole rings is 1. The van der Waals surface area contributed by atoms with E-state index in [-0.39, 0.29) is 10.6 Å². The summed E-state index contributed by atoms with van der Waals surface area (Å²) in [5.41, 5.74) is 4.00. The first kappa shape index (κ1) is 15.7. The van der Waals surface area contributed by atoms with E-state index in [0.29, 0.717) is 18.8 Å². The van der Waals surface area contributed by atoms with Crippen LogP contribution in [0.4, 0.5) is 5.69 Å². The number of aromatic nitrogens is 3. The van der Waals surface area contributed by atoms with Gasteiger partial charge in [0.15, 0.2) is 0 Å². The third-order valence-corrected chi connectivity index (χ3v) is 4.74. The van der Waals surface area contributed by atoms with Crippen LogP contribution < -0.4 is 10.9 Å². The van der Waals surface area contributed by atoms with E-state index in [4.69, 9.17) is 11.6 Å². The predicted molar refractivity (Wildman–Crippen MR) is 93.2 cm³/mol. The quantitative estimate of drug-likeness (QED) is 0.770. The highest BCUT2D eigenvalue weighted by atomic mass is 35.5. The van der Waals surface area contributed by atoms with Gasteiger partial charge in [-0.3, -0.25) is 4.79 Å². The maximum absolute atomic E-state index is 12.3. The van der Waals surface area contributed by atoms with Crippen LogP contribution in [0.5, 0.6) is 0 Å². The number of benzene rings is 1. The third-order valence-electron chi connectivity index (χ3n) is 3.44. The normalized spacial score (nSPS) is 10.7. The standard InChI is InChI=1S/C16H15ClN4OS/c1-11-14(23-10-19-11)8-18-13-7-20-21(16(22)15(13)17)9-12-5-3-2-4-6-12/h2-7,10,18H,8-9H2,1H3. The van der Waals surface area contributed by atoms with Gasteiger partial charge in [-0.1, -0.05) is 41.9 Å². The Kier molecular flexibility index (Phi) is 4.73. The Labute approximate surface area is 142 Å². The Hall–Kier alpha value is -2.18. The highest BCUT2D eigenvalue weighted by Crippen LogP contribution is 2.19. The lowest BCUT2D eigenvalue weighted by atomic mass is 10.2. The minimum atomic E-state index is -0.304. The first-order valence-corrected chi connectivity index (χ1v) is 8.33. The Bertz CT molecular complexity index is 860. The summed E-state index contributed by atoms with van der Waals surface area (Å²) < 4.78 is 1.36. The number of hydrogen-bond acceptors (Lipinski definition) is 5. The molecule has 0 aliphatic rings. The van der Waals surface area contributed by atoms with Gasteiger partial charge in [-0.15, -0.1) is 11.3 Å². The fraction of sp³-hybridized carbons (Fsp3) is 0.188. The lowest BCUT2D eigenvalue weighted by Crippen LogP contribution is -2.24. The lowest BCUT2D eigenvalue weighted by Gasteiger charge is -2.10. The predicted octanol–water partition coefficient (Wildman–Crippen LogP) is 3.32. The molecule has 3 rings (SSSR count). The minimum Gasteiger partial charge on any atom is -0.377 e. The molecule has 0 radical (unpaired) electrons. The van der Waals surface area contributed by atoms with Crippen molar-refractivity contribution < 1.29 is 0 Å². The van der Waals surface area contributed by atoms with Crippen molar-refractivity contribution in [3.63, 3.8) is 0 Å². The van der Waals surface area contributed by atoms with Gasteiger partial charge < -0.3 is 5.32 Å². The summed E-state index contributed by atoms with van der Waals surface area (Å²) in [5, 5.41) is 7.50. The average Bonchev–Trinajstić information content (AvgIpc) is 2.97. The van der Waals surface area contributed by atoms with Crippen LogP contribution in [0.3, 0.4) is 0 Å². The number of nitrogens with one attached hydrogen (secondary N) is 1. The second kappa shape index (κ2) is 6.93. The van der Waals surface area contributed by atoms with Crippen LogP contribution >= 0.6 is 22.9 Å². The summed E-state index contributed by atoms with van der Waals surface area (Å²) >= 11 is 7.76. The maximum Gasteiger partial charge on any atom is 0.287 e. The van der Waals surface area contributed by atoms with Crippen molar-refractivity contribution in [2.24, 2.45) is 0 Å².